The fourth-order valence-electron chi connectivity index (χ4n) is 3.54. The van der Waals surface area contributed by atoms with Crippen molar-refractivity contribution in [3.8, 4) is 5.69 Å². The van der Waals surface area contributed by atoms with Crippen LogP contribution in [0.4, 0.5) is 5.69 Å². The molecule has 0 unspecified atom stereocenters. The molecule has 0 radical (unpaired) electrons. The molecule has 0 aliphatic carbocycles. The molecule has 1 amide bonds. The molecule has 2 heterocycles. The van der Waals surface area contributed by atoms with Crippen molar-refractivity contribution in [3.05, 3.63) is 86.6 Å². The summed E-state index contributed by atoms with van der Waals surface area (Å²) < 4.78 is 2.99. The molecule has 0 spiro atoms. The summed E-state index contributed by atoms with van der Waals surface area (Å²) in [6.45, 7) is 5.94. The summed E-state index contributed by atoms with van der Waals surface area (Å²) >= 11 is 9.72. The molecule has 0 N–H and O–H groups in total. The number of nitrogens with zero attached hydrogens (tertiary/aromatic N) is 3. The summed E-state index contributed by atoms with van der Waals surface area (Å²) in [5.41, 5.74) is 6.12. The first-order valence-corrected chi connectivity index (χ1v) is 10.3. The van der Waals surface area contributed by atoms with E-state index in [0.717, 1.165) is 32.8 Å². The topological polar surface area (TPSA) is 37.6 Å². The van der Waals surface area contributed by atoms with Gasteiger partial charge < -0.3 is 4.57 Å². The van der Waals surface area contributed by atoms with E-state index < -0.39 is 0 Å². The second kappa shape index (κ2) is 7.65. The number of anilines is 1. The minimum absolute atomic E-state index is 0.120. The van der Waals surface area contributed by atoms with Gasteiger partial charge in [-0.15, -0.1) is 0 Å². The van der Waals surface area contributed by atoms with E-state index >= 15 is 0 Å². The molecule has 0 bridgehead atoms. The molecule has 0 fully saturated rings. The minimum atomic E-state index is -0.120. The van der Waals surface area contributed by atoms with E-state index in [2.05, 4.69) is 31.7 Å². The molecule has 6 heteroatoms. The predicted molar refractivity (Wildman–Crippen MR) is 123 cm³/mol. The van der Waals surface area contributed by atoms with Gasteiger partial charge in [-0.1, -0.05) is 29.8 Å². The number of para-hydroxylation sites is 1. The van der Waals surface area contributed by atoms with Crippen molar-refractivity contribution in [1.29, 1.82) is 0 Å². The molecule has 0 saturated carbocycles. The first-order valence-electron chi connectivity index (χ1n) is 9.18. The summed E-state index contributed by atoms with van der Waals surface area (Å²) in [7, 11) is 0. The van der Waals surface area contributed by atoms with Crippen LogP contribution in [0.5, 0.6) is 0 Å². The Balaban J connectivity index is 1.73. The van der Waals surface area contributed by atoms with E-state index in [1.807, 2.05) is 75.4 Å². The van der Waals surface area contributed by atoms with Gasteiger partial charge in [-0.05, 0) is 84.7 Å². The van der Waals surface area contributed by atoms with Crippen molar-refractivity contribution in [2.75, 3.05) is 5.01 Å². The van der Waals surface area contributed by atoms with Gasteiger partial charge in [0.05, 0.1) is 22.0 Å². The van der Waals surface area contributed by atoms with Crippen molar-refractivity contribution in [2.45, 2.75) is 20.8 Å². The second-order valence-electron chi connectivity index (χ2n) is 6.96. The van der Waals surface area contributed by atoms with Crippen molar-refractivity contribution >= 4 is 50.9 Å². The molecule has 29 heavy (non-hydrogen) atoms. The van der Waals surface area contributed by atoms with Gasteiger partial charge in [0.15, 0.2) is 0 Å². The zero-order valence-electron chi connectivity index (χ0n) is 16.3. The number of hydrazone groups is 1. The molecule has 1 aliphatic rings. The SMILES string of the molecule is CC1=NN(c2ccccc2)C(=O)/C1=C/c1cc(C)n(-c2ccc(Br)c(Cl)c2)c1C. The Bertz CT molecular complexity index is 1180. The summed E-state index contributed by atoms with van der Waals surface area (Å²) in [6.07, 6.45) is 1.92. The molecule has 1 aromatic heterocycles. The highest BCUT2D eigenvalue weighted by Crippen LogP contribution is 2.30. The molecule has 2 aromatic carbocycles. The first-order chi connectivity index (χ1) is 13.9. The lowest BCUT2D eigenvalue weighted by atomic mass is 10.1. The van der Waals surface area contributed by atoms with Crippen LogP contribution in [0.15, 0.2) is 69.7 Å². The molecular weight excluding hydrogens is 450 g/mol. The lowest BCUT2D eigenvalue weighted by molar-refractivity contribution is -0.114. The molecule has 4 nitrogen and oxygen atoms in total. The number of benzene rings is 2. The molecule has 146 valence electrons. The Morgan fingerprint density at radius 2 is 1.72 bits per heavy atom. The summed E-state index contributed by atoms with van der Waals surface area (Å²) in [5, 5.41) is 6.57. The van der Waals surface area contributed by atoms with Crippen molar-refractivity contribution in [3.63, 3.8) is 0 Å². The number of carbonyl (C=O) groups excluding carboxylic acids is 1. The fraction of sp³-hybridized carbons (Fsp3) is 0.130. The number of hydrogen-bond donors (Lipinski definition) is 0. The van der Waals surface area contributed by atoms with Crippen LogP contribution < -0.4 is 5.01 Å². The van der Waals surface area contributed by atoms with Gasteiger partial charge in [-0.2, -0.15) is 10.1 Å². The average molecular weight is 469 g/mol. The number of hydrogen-bond acceptors (Lipinski definition) is 2. The van der Waals surface area contributed by atoms with Gasteiger partial charge in [0, 0.05) is 21.5 Å². The third-order valence-corrected chi connectivity index (χ3v) is 6.23. The van der Waals surface area contributed by atoms with E-state index in [9.17, 15) is 4.79 Å². The number of rotatable bonds is 3. The number of aromatic nitrogens is 1. The third-order valence-electron chi connectivity index (χ3n) is 4.99. The molecule has 0 atom stereocenters. The Kier molecular flexibility index (Phi) is 5.19. The highest BCUT2D eigenvalue weighted by atomic mass is 79.9. The fourth-order valence-corrected chi connectivity index (χ4v) is 3.96. The summed E-state index contributed by atoms with van der Waals surface area (Å²) in [4.78, 5) is 13.0. The Morgan fingerprint density at radius 3 is 2.41 bits per heavy atom. The number of aryl methyl sites for hydroxylation is 1. The van der Waals surface area contributed by atoms with Crippen LogP contribution in [0.3, 0.4) is 0 Å². The molecule has 0 saturated heterocycles. The smallest absolute Gasteiger partial charge is 0.280 e. The zero-order chi connectivity index (χ0) is 20.7. The number of amides is 1. The van der Waals surface area contributed by atoms with Gasteiger partial charge in [0.25, 0.3) is 5.91 Å². The number of carbonyl (C=O) groups is 1. The maximum absolute atomic E-state index is 13.0. The highest BCUT2D eigenvalue weighted by Gasteiger charge is 2.29. The van der Waals surface area contributed by atoms with E-state index in [1.54, 1.807) is 0 Å². The van der Waals surface area contributed by atoms with Crippen LogP contribution >= 0.6 is 27.5 Å². The Labute approximate surface area is 183 Å². The molecular formula is C23H19BrClN3O. The number of halogens is 2. The van der Waals surface area contributed by atoms with Gasteiger partial charge in [0.1, 0.15) is 0 Å². The van der Waals surface area contributed by atoms with Crippen LogP contribution in [0.1, 0.15) is 23.9 Å². The van der Waals surface area contributed by atoms with Crippen molar-refractivity contribution < 1.29 is 4.79 Å². The summed E-state index contributed by atoms with van der Waals surface area (Å²) in [6, 6.07) is 17.4. The third kappa shape index (κ3) is 3.56. The first kappa shape index (κ1) is 19.7. The lowest BCUT2D eigenvalue weighted by Crippen LogP contribution is -2.21. The predicted octanol–water partition coefficient (Wildman–Crippen LogP) is 6.32. The lowest BCUT2D eigenvalue weighted by Gasteiger charge is -2.11. The van der Waals surface area contributed by atoms with Crippen LogP contribution in [0.25, 0.3) is 11.8 Å². The normalized spacial score (nSPS) is 15.3. The quantitative estimate of drug-likeness (QED) is 0.415. The van der Waals surface area contributed by atoms with Crippen LogP contribution in [-0.4, -0.2) is 16.2 Å². The monoisotopic (exact) mass is 467 g/mol. The van der Waals surface area contributed by atoms with E-state index in [4.69, 9.17) is 11.6 Å². The average Bonchev–Trinajstić information content (AvgIpc) is 3.15. The van der Waals surface area contributed by atoms with Crippen LogP contribution in [-0.2, 0) is 4.79 Å². The standard InChI is InChI=1S/C23H19BrClN3O/c1-14-11-17(16(3)27(14)19-9-10-21(24)22(25)13-19)12-20-15(2)26-28(23(20)29)18-7-5-4-6-8-18/h4-13H,1-3H3/b20-12+. The Morgan fingerprint density at radius 1 is 1.00 bits per heavy atom. The zero-order valence-corrected chi connectivity index (χ0v) is 18.6. The second-order valence-corrected chi connectivity index (χ2v) is 8.22. The van der Waals surface area contributed by atoms with Crippen LogP contribution in [0.2, 0.25) is 5.02 Å². The molecule has 1 aliphatic heterocycles. The van der Waals surface area contributed by atoms with Crippen molar-refractivity contribution in [2.24, 2.45) is 5.10 Å². The van der Waals surface area contributed by atoms with Gasteiger partial charge in [-0.3, -0.25) is 4.79 Å². The van der Waals surface area contributed by atoms with E-state index in [-0.39, 0.29) is 5.91 Å². The molecule has 4 rings (SSSR count). The molecule has 3 aromatic rings. The summed E-state index contributed by atoms with van der Waals surface area (Å²) in [5.74, 6) is -0.120. The maximum atomic E-state index is 13.0. The van der Waals surface area contributed by atoms with E-state index in [1.165, 1.54) is 5.01 Å². The maximum Gasteiger partial charge on any atom is 0.280 e. The minimum Gasteiger partial charge on any atom is -0.318 e. The Hall–Kier alpha value is -2.63. The van der Waals surface area contributed by atoms with Crippen molar-refractivity contribution in [1.82, 2.24) is 4.57 Å². The van der Waals surface area contributed by atoms with Crippen LogP contribution in [0, 0.1) is 13.8 Å². The van der Waals surface area contributed by atoms with Gasteiger partial charge in [-0.25, -0.2) is 0 Å². The van der Waals surface area contributed by atoms with Gasteiger partial charge in [0.2, 0.25) is 0 Å². The highest BCUT2D eigenvalue weighted by molar-refractivity contribution is 9.10. The largest absolute Gasteiger partial charge is 0.318 e. The van der Waals surface area contributed by atoms with Gasteiger partial charge >= 0.3 is 0 Å². The van der Waals surface area contributed by atoms with E-state index in [0.29, 0.717) is 16.3 Å².